The first kappa shape index (κ1) is 34.3. The molecule has 0 aliphatic carbocycles. The minimum atomic E-state index is -4.30. The van der Waals surface area contributed by atoms with Crippen LogP contribution in [0, 0.1) is 6.92 Å². The molecule has 0 aliphatic heterocycles. The van der Waals surface area contributed by atoms with Crippen molar-refractivity contribution < 1.29 is 18.0 Å². The van der Waals surface area contributed by atoms with Gasteiger partial charge in [-0.2, -0.15) is 0 Å². The molecule has 0 aliphatic rings. The maximum Gasteiger partial charge on any atom is 0.264 e. The first-order valence-corrected chi connectivity index (χ1v) is 16.8. The van der Waals surface area contributed by atoms with Gasteiger partial charge in [-0.15, -0.1) is 0 Å². The van der Waals surface area contributed by atoms with Crippen molar-refractivity contribution in [3.05, 3.63) is 129 Å². The summed E-state index contributed by atoms with van der Waals surface area (Å²) in [5, 5.41) is 3.72. The fourth-order valence-electron chi connectivity index (χ4n) is 4.79. The number of aryl methyl sites for hydroxylation is 1. The van der Waals surface area contributed by atoms with Crippen molar-refractivity contribution in [3.8, 4) is 0 Å². The summed E-state index contributed by atoms with van der Waals surface area (Å²) < 4.78 is 29.3. The zero-order valence-corrected chi connectivity index (χ0v) is 28.2. The van der Waals surface area contributed by atoms with Crippen molar-refractivity contribution in [2.45, 2.75) is 50.7 Å². The lowest BCUT2D eigenvalue weighted by molar-refractivity contribution is -0.140. The Balaban J connectivity index is 1.84. The summed E-state index contributed by atoms with van der Waals surface area (Å²) in [5.41, 5.74) is 2.39. The molecule has 0 saturated heterocycles. The van der Waals surface area contributed by atoms with Crippen LogP contribution in [0.2, 0.25) is 15.1 Å². The number of nitrogens with one attached hydrogen (secondary N) is 1. The number of carbonyl (C=O) groups excluding carboxylic acids is 2. The van der Waals surface area contributed by atoms with Gasteiger partial charge in [-0.05, 0) is 68.3 Å². The molecule has 45 heavy (non-hydrogen) atoms. The van der Waals surface area contributed by atoms with Crippen molar-refractivity contribution >= 4 is 62.3 Å². The minimum absolute atomic E-state index is 0.0203. The Kier molecular flexibility index (Phi) is 11.6. The van der Waals surface area contributed by atoms with Gasteiger partial charge in [-0.3, -0.25) is 13.9 Å². The van der Waals surface area contributed by atoms with Crippen LogP contribution < -0.4 is 9.62 Å². The number of hydrogen-bond acceptors (Lipinski definition) is 4. The highest BCUT2D eigenvalue weighted by molar-refractivity contribution is 7.92. The molecular formula is C34H34Cl3N3O4S. The van der Waals surface area contributed by atoms with E-state index in [0.29, 0.717) is 10.6 Å². The fourth-order valence-corrected chi connectivity index (χ4v) is 6.90. The third-order valence-corrected chi connectivity index (χ3v) is 9.62. The van der Waals surface area contributed by atoms with E-state index in [2.05, 4.69) is 5.32 Å². The van der Waals surface area contributed by atoms with Crippen molar-refractivity contribution in [1.82, 2.24) is 10.2 Å². The fraction of sp³-hybridized carbons (Fsp3) is 0.235. The van der Waals surface area contributed by atoms with Gasteiger partial charge >= 0.3 is 0 Å². The predicted molar refractivity (Wildman–Crippen MR) is 181 cm³/mol. The topological polar surface area (TPSA) is 86.8 Å². The second kappa shape index (κ2) is 15.1. The third-order valence-electron chi connectivity index (χ3n) is 7.02. The van der Waals surface area contributed by atoms with Gasteiger partial charge in [-0.25, -0.2) is 8.42 Å². The molecule has 0 aromatic heterocycles. The highest BCUT2D eigenvalue weighted by Crippen LogP contribution is 2.31. The van der Waals surface area contributed by atoms with Gasteiger partial charge < -0.3 is 10.2 Å². The minimum Gasteiger partial charge on any atom is -0.352 e. The van der Waals surface area contributed by atoms with Crippen molar-refractivity contribution in [1.29, 1.82) is 0 Å². The number of sulfonamides is 1. The number of anilines is 1. The zero-order chi connectivity index (χ0) is 32.7. The largest absolute Gasteiger partial charge is 0.352 e. The molecule has 0 heterocycles. The van der Waals surface area contributed by atoms with Crippen LogP contribution in [-0.2, 0) is 32.6 Å². The normalized spacial score (nSPS) is 12.1. The second-order valence-corrected chi connectivity index (χ2v) is 14.1. The van der Waals surface area contributed by atoms with E-state index >= 15 is 0 Å². The maximum absolute atomic E-state index is 14.5. The summed E-state index contributed by atoms with van der Waals surface area (Å²) in [6, 6.07) is 25.8. The van der Waals surface area contributed by atoms with E-state index in [1.54, 1.807) is 36.4 Å². The molecule has 0 saturated carbocycles. The molecule has 4 aromatic rings. The van der Waals surface area contributed by atoms with Gasteiger partial charge in [0.1, 0.15) is 12.6 Å². The van der Waals surface area contributed by atoms with Gasteiger partial charge in [0.2, 0.25) is 11.8 Å². The summed E-state index contributed by atoms with van der Waals surface area (Å²) in [4.78, 5) is 29.6. The van der Waals surface area contributed by atoms with Crippen molar-refractivity contribution in [3.63, 3.8) is 0 Å². The lowest BCUT2D eigenvalue weighted by atomic mass is 10.0. The predicted octanol–water partition coefficient (Wildman–Crippen LogP) is 7.32. The Bertz CT molecular complexity index is 1730. The number of nitrogens with zero attached hydrogens (tertiary/aromatic N) is 2. The SMILES string of the molecule is Cc1ccc(S(=O)(=O)N(CC(=O)N(Cc2ccccc2Cl)[C@@H](Cc2ccccc2)C(=O)NC(C)C)c2cc(Cl)cc(Cl)c2)cc1. The van der Waals surface area contributed by atoms with Crippen LogP contribution in [-0.4, -0.2) is 43.8 Å². The summed E-state index contributed by atoms with van der Waals surface area (Å²) in [7, 11) is -4.30. The molecule has 0 radical (unpaired) electrons. The number of benzene rings is 4. The van der Waals surface area contributed by atoms with Crippen LogP contribution >= 0.6 is 34.8 Å². The first-order valence-electron chi connectivity index (χ1n) is 14.3. The molecule has 0 bridgehead atoms. The molecule has 0 unspecified atom stereocenters. The van der Waals surface area contributed by atoms with E-state index in [1.165, 1.54) is 35.2 Å². The summed E-state index contributed by atoms with van der Waals surface area (Å²) in [6.45, 7) is 4.82. The van der Waals surface area contributed by atoms with E-state index in [9.17, 15) is 18.0 Å². The van der Waals surface area contributed by atoms with E-state index < -0.39 is 28.5 Å². The van der Waals surface area contributed by atoms with Crippen LogP contribution in [0.5, 0.6) is 0 Å². The average molecular weight is 687 g/mol. The number of amides is 2. The Morgan fingerprint density at radius 1 is 0.822 bits per heavy atom. The van der Waals surface area contributed by atoms with Gasteiger partial charge in [0.05, 0.1) is 10.6 Å². The van der Waals surface area contributed by atoms with Gasteiger partial charge in [0.15, 0.2) is 0 Å². The summed E-state index contributed by atoms with van der Waals surface area (Å²) in [5.74, 6) is -1.01. The van der Waals surface area contributed by atoms with E-state index in [0.717, 1.165) is 15.4 Å². The number of halogens is 3. The first-order chi connectivity index (χ1) is 21.3. The van der Waals surface area contributed by atoms with Crippen molar-refractivity contribution in [2.75, 3.05) is 10.8 Å². The van der Waals surface area contributed by atoms with E-state index in [4.69, 9.17) is 34.8 Å². The Morgan fingerprint density at radius 3 is 2.02 bits per heavy atom. The van der Waals surface area contributed by atoms with Crippen LogP contribution in [0.1, 0.15) is 30.5 Å². The number of carbonyl (C=O) groups is 2. The Morgan fingerprint density at radius 2 is 1.42 bits per heavy atom. The standard InChI is InChI=1S/C34H34Cl3N3O4S/c1-23(2)38-34(42)32(17-25-9-5-4-6-10-25)39(21-26-11-7-8-12-31(26)37)33(41)22-40(29-19-27(35)18-28(36)20-29)45(43,44)30-15-13-24(3)14-16-30/h4-16,18-20,23,32H,17,21-22H2,1-3H3,(H,38,42)/t32-/m0/s1. The third kappa shape index (κ3) is 9.01. The van der Waals surface area contributed by atoms with Crippen LogP contribution in [0.15, 0.2) is 102 Å². The summed E-state index contributed by atoms with van der Waals surface area (Å²) >= 11 is 19.1. The lowest BCUT2D eigenvalue weighted by Crippen LogP contribution is -2.54. The molecule has 4 aromatic carbocycles. The summed E-state index contributed by atoms with van der Waals surface area (Å²) in [6.07, 6.45) is 0.184. The molecule has 7 nitrogen and oxygen atoms in total. The molecule has 0 fully saturated rings. The van der Waals surface area contributed by atoms with Crippen molar-refractivity contribution in [2.24, 2.45) is 0 Å². The Hall–Kier alpha value is -3.56. The monoisotopic (exact) mass is 685 g/mol. The number of rotatable bonds is 12. The van der Waals surface area contributed by atoms with Gasteiger partial charge in [-0.1, -0.05) is 101 Å². The lowest BCUT2D eigenvalue weighted by Gasteiger charge is -2.34. The van der Waals surface area contributed by atoms with E-state index in [-0.39, 0.29) is 45.5 Å². The smallest absolute Gasteiger partial charge is 0.264 e. The molecule has 2 amide bonds. The zero-order valence-electron chi connectivity index (χ0n) is 25.1. The molecule has 11 heteroatoms. The maximum atomic E-state index is 14.5. The molecule has 4 rings (SSSR count). The molecule has 236 valence electrons. The van der Waals surface area contributed by atoms with Gasteiger partial charge in [0.25, 0.3) is 10.0 Å². The van der Waals surface area contributed by atoms with Crippen LogP contribution in [0.25, 0.3) is 0 Å². The van der Waals surface area contributed by atoms with Gasteiger partial charge in [0, 0.05) is 34.1 Å². The molecule has 1 atom stereocenters. The van der Waals surface area contributed by atoms with Crippen LogP contribution in [0.4, 0.5) is 5.69 Å². The highest BCUT2D eigenvalue weighted by Gasteiger charge is 2.35. The van der Waals surface area contributed by atoms with Crippen LogP contribution in [0.3, 0.4) is 0 Å². The Labute approximate surface area is 279 Å². The highest BCUT2D eigenvalue weighted by atomic mass is 35.5. The number of hydrogen-bond donors (Lipinski definition) is 1. The van der Waals surface area contributed by atoms with E-state index in [1.807, 2.05) is 51.1 Å². The molecule has 0 spiro atoms. The molecule has 1 N–H and O–H groups in total. The second-order valence-electron chi connectivity index (χ2n) is 10.9. The average Bonchev–Trinajstić information content (AvgIpc) is 2.98. The quantitative estimate of drug-likeness (QED) is 0.169. The molecular weight excluding hydrogens is 653 g/mol.